The number of amides is 1. The predicted octanol–water partition coefficient (Wildman–Crippen LogP) is 3.01. The Morgan fingerprint density at radius 2 is 2.09 bits per heavy atom. The van der Waals surface area contributed by atoms with Gasteiger partial charge in [0.05, 0.1) is 36.8 Å². The van der Waals surface area contributed by atoms with Gasteiger partial charge in [-0.05, 0) is 42.5 Å². The van der Waals surface area contributed by atoms with Crippen molar-refractivity contribution in [2.45, 2.75) is 37.5 Å². The number of hydrogen-bond donors (Lipinski definition) is 3. The van der Waals surface area contributed by atoms with Gasteiger partial charge >= 0.3 is 0 Å². The first-order valence-corrected chi connectivity index (χ1v) is 10.8. The van der Waals surface area contributed by atoms with Gasteiger partial charge in [0, 0.05) is 18.2 Å². The van der Waals surface area contributed by atoms with E-state index in [0.717, 1.165) is 22.5 Å². The minimum atomic E-state index is -0.781. The van der Waals surface area contributed by atoms with Crippen molar-refractivity contribution in [2.75, 3.05) is 18.5 Å². The van der Waals surface area contributed by atoms with Crippen LogP contribution in [0.2, 0.25) is 0 Å². The first-order chi connectivity index (χ1) is 15.5. The van der Waals surface area contributed by atoms with E-state index in [1.54, 1.807) is 0 Å². The molecule has 1 aliphatic heterocycles. The monoisotopic (exact) mass is 435 g/mol. The predicted molar refractivity (Wildman–Crippen MR) is 124 cm³/mol. The van der Waals surface area contributed by atoms with Crippen LogP contribution in [0.1, 0.15) is 17.5 Å². The van der Waals surface area contributed by atoms with Gasteiger partial charge in [-0.2, -0.15) is 0 Å². The van der Waals surface area contributed by atoms with E-state index in [9.17, 15) is 9.18 Å². The molecule has 1 aromatic heterocycles. The number of pyridine rings is 1. The van der Waals surface area contributed by atoms with Gasteiger partial charge in [0.15, 0.2) is 0 Å². The topological polar surface area (TPSA) is 89.3 Å². The lowest BCUT2D eigenvalue weighted by Gasteiger charge is -2.28. The van der Waals surface area contributed by atoms with Gasteiger partial charge in [0.2, 0.25) is 5.91 Å². The second-order valence-electron chi connectivity index (χ2n) is 8.18. The van der Waals surface area contributed by atoms with Crippen molar-refractivity contribution in [1.29, 1.82) is 0 Å². The Hall–Kier alpha value is -2.87. The molecule has 1 fully saturated rings. The van der Waals surface area contributed by atoms with E-state index in [2.05, 4.69) is 22.5 Å². The average Bonchev–Trinajstić information content (AvgIpc) is 2.80. The highest BCUT2D eigenvalue weighted by Crippen LogP contribution is 2.23. The quantitative estimate of drug-likeness (QED) is 0.531. The second kappa shape index (κ2) is 10.2. The molecule has 0 spiro atoms. The first-order valence-electron chi connectivity index (χ1n) is 10.8. The van der Waals surface area contributed by atoms with Crippen LogP contribution < -0.4 is 16.4 Å². The largest absolute Gasteiger partial charge is 0.375 e. The summed E-state index contributed by atoms with van der Waals surface area (Å²) in [6, 6.07) is 13.2. The molecule has 0 unspecified atom stereocenters. The molecule has 0 aliphatic carbocycles. The molecule has 4 N–H and O–H groups in total. The summed E-state index contributed by atoms with van der Waals surface area (Å²) < 4.78 is 20.3. The highest BCUT2D eigenvalue weighted by molar-refractivity contribution is 5.96. The number of rotatable bonds is 7. The number of nitrogens with two attached hydrogens (primary N) is 1. The summed E-state index contributed by atoms with van der Waals surface area (Å²) in [5.74, 6) is -0.828. The Morgan fingerprint density at radius 3 is 2.91 bits per heavy atom. The van der Waals surface area contributed by atoms with Gasteiger partial charge < -0.3 is 21.1 Å². The molecule has 167 valence electrons. The van der Waals surface area contributed by atoms with Crippen molar-refractivity contribution >= 4 is 22.4 Å². The number of morpholine rings is 1. The third kappa shape index (κ3) is 5.30. The molecule has 32 heavy (non-hydrogen) atoms. The molecule has 1 amide bonds. The maximum atomic E-state index is 14.5. The molecule has 2 aromatic carbocycles. The van der Waals surface area contributed by atoms with E-state index in [-0.39, 0.29) is 18.1 Å². The van der Waals surface area contributed by atoms with Crippen molar-refractivity contribution in [1.82, 2.24) is 10.3 Å². The zero-order valence-corrected chi connectivity index (χ0v) is 17.9. The first kappa shape index (κ1) is 22.3. The zero-order chi connectivity index (χ0) is 22.5. The Labute approximate surface area is 187 Å². The Bertz CT molecular complexity index is 1080. The van der Waals surface area contributed by atoms with Crippen LogP contribution in [0.5, 0.6) is 0 Å². The molecule has 4 rings (SSSR count). The summed E-state index contributed by atoms with van der Waals surface area (Å²) >= 11 is 0. The molecular weight excluding hydrogens is 407 g/mol. The maximum Gasteiger partial charge on any atom is 0.241 e. The van der Waals surface area contributed by atoms with Crippen LogP contribution in [0.3, 0.4) is 0 Å². The summed E-state index contributed by atoms with van der Waals surface area (Å²) in [6.07, 6.45) is 4.00. The van der Waals surface area contributed by atoms with Gasteiger partial charge in [-0.1, -0.05) is 42.5 Å². The minimum absolute atomic E-state index is 0.0299. The second-order valence-corrected chi connectivity index (χ2v) is 8.18. The fourth-order valence-corrected chi connectivity index (χ4v) is 4.01. The van der Waals surface area contributed by atoms with Crippen LogP contribution in [-0.2, 0) is 22.4 Å². The molecule has 1 saturated heterocycles. The molecule has 1 radical (unpaired) electrons. The number of fused-ring (bicyclic) bond motifs is 1. The summed E-state index contributed by atoms with van der Waals surface area (Å²) in [7, 11) is 0. The van der Waals surface area contributed by atoms with Gasteiger partial charge in [0.25, 0.3) is 0 Å². The van der Waals surface area contributed by atoms with Crippen molar-refractivity contribution in [3.05, 3.63) is 78.7 Å². The number of aromatic nitrogens is 1. The van der Waals surface area contributed by atoms with Crippen LogP contribution in [0.25, 0.3) is 10.8 Å². The number of nitrogens with zero attached hydrogens (tertiary/aromatic N) is 1. The van der Waals surface area contributed by atoms with Crippen molar-refractivity contribution in [2.24, 2.45) is 5.73 Å². The summed E-state index contributed by atoms with van der Waals surface area (Å²) in [5, 5.41) is 8.20. The number of ether oxygens (including phenoxy) is 1. The Balaban J connectivity index is 1.42. The summed E-state index contributed by atoms with van der Waals surface area (Å²) in [5.41, 5.74) is 7.97. The van der Waals surface area contributed by atoms with E-state index in [0.29, 0.717) is 43.7 Å². The van der Waals surface area contributed by atoms with Crippen LogP contribution >= 0.6 is 0 Å². The van der Waals surface area contributed by atoms with E-state index in [1.165, 1.54) is 6.20 Å². The number of nitrogens with one attached hydrogen (secondary N) is 2. The molecule has 2 heterocycles. The number of anilines is 1. The SMILES string of the molecule is [CH2][C@H]1CO[C@H](CCc2c(F)cncc2NC(=O)[C@@H](N)Cc2cccc3ccccc23)CN1. The van der Waals surface area contributed by atoms with Gasteiger partial charge in [-0.25, -0.2) is 4.39 Å². The number of carbonyl (C=O) groups is 1. The molecule has 0 bridgehead atoms. The fraction of sp³-hybridized carbons (Fsp3) is 0.320. The third-order valence-corrected chi connectivity index (χ3v) is 5.80. The van der Waals surface area contributed by atoms with Crippen LogP contribution in [0.4, 0.5) is 10.1 Å². The van der Waals surface area contributed by atoms with Crippen molar-refractivity contribution in [3.8, 4) is 0 Å². The van der Waals surface area contributed by atoms with Crippen LogP contribution in [-0.4, -0.2) is 42.2 Å². The average molecular weight is 436 g/mol. The lowest BCUT2D eigenvalue weighted by atomic mass is 9.98. The molecule has 3 aromatic rings. The molecule has 0 saturated carbocycles. The van der Waals surface area contributed by atoms with Crippen LogP contribution in [0.15, 0.2) is 54.9 Å². The lowest BCUT2D eigenvalue weighted by molar-refractivity contribution is -0.117. The number of halogens is 1. The van der Waals surface area contributed by atoms with E-state index < -0.39 is 11.9 Å². The molecule has 7 heteroatoms. The lowest BCUT2D eigenvalue weighted by Crippen LogP contribution is -2.45. The van der Waals surface area contributed by atoms with Gasteiger partial charge in [0.1, 0.15) is 5.82 Å². The third-order valence-electron chi connectivity index (χ3n) is 5.80. The van der Waals surface area contributed by atoms with Gasteiger partial charge in [-0.15, -0.1) is 0 Å². The molecular formula is C25H28FN4O2. The van der Waals surface area contributed by atoms with E-state index >= 15 is 0 Å². The fourth-order valence-electron chi connectivity index (χ4n) is 4.01. The Kier molecular flexibility index (Phi) is 7.09. The van der Waals surface area contributed by atoms with E-state index in [4.69, 9.17) is 10.5 Å². The Morgan fingerprint density at radius 1 is 1.28 bits per heavy atom. The van der Waals surface area contributed by atoms with Crippen molar-refractivity contribution in [3.63, 3.8) is 0 Å². The molecule has 6 nitrogen and oxygen atoms in total. The highest BCUT2D eigenvalue weighted by Gasteiger charge is 2.21. The van der Waals surface area contributed by atoms with Crippen molar-refractivity contribution < 1.29 is 13.9 Å². The highest BCUT2D eigenvalue weighted by atomic mass is 19.1. The molecule has 3 atom stereocenters. The number of hydrogen-bond acceptors (Lipinski definition) is 5. The minimum Gasteiger partial charge on any atom is -0.375 e. The van der Waals surface area contributed by atoms with Crippen LogP contribution in [0, 0.1) is 12.7 Å². The summed E-state index contributed by atoms with van der Waals surface area (Å²) in [4.78, 5) is 16.7. The van der Waals surface area contributed by atoms with Gasteiger partial charge in [-0.3, -0.25) is 9.78 Å². The smallest absolute Gasteiger partial charge is 0.241 e. The maximum absolute atomic E-state index is 14.5. The number of benzene rings is 2. The standard InChI is InChI=1S/C25H28FN4O2/c1-16-15-32-19(12-29-16)9-10-21-22(26)13-28-14-24(21)30-25(31)23(27)11-18-7-4-6-17-5-2-3-8-20(17)18/h2-8,13-14,16,19,23,29H,1,9-12,15,27H2,(H,30,31)/t16-,19+,23-/m0/s1. The molecule has 1 aliphatic rings. The zero-order valence-electron chi connectivity index (χ0n) is 17.9. The normalized spacial score (nSPS) is 19.6. The summed E-state index contributed by atoms with van der Waals surface area (Å²) in [6.45, 7) is 5.10. The van der Waals surface area contributed by atoms with E-state index in [1.807, 2.05) is 42.5 Å². The number of carbonyl (C=O) groups excluding carboxylic acids is 1.